The average Bonchev–Trinajstić information content (AvgIpc) is 3.06. The first-order valence-corrected chi connectivity index (χ1v) is 16.2. The maximum Gasteiger partial charge on any atom is 0.314 e. The fraction of sp³-hybridized carbons (Fsp3) is 0.964. The van der Waals surface area contributed by atoms with E-state index in [9.17, 15) is 4.79 Å². The quantitative estimate of drug-likeness (QED) is 0.277. The summed E-state index contributed by atoms with van der Waals surface area (Å²) in [7, 11) is -2.01. The van der Waals surface area contributed by atoms with E-state index in [2.05, 4.69) is 62.3 Å². The number of carbonyl (C=O) groups excluding carboxylic acids is 1. The van der Waals surface area contributed by atoms with Gasteiger partial charge in [-0.25, -0.2) is 0 Å². The van der Waals surface area contributed by atoms with Crippen LogP contribution < -0.4 is 0 Å². The molecule has 0 amide bonds. The summed E-state index contributed by atoms with van der Waals surface area (Å²) in [6.07, 6.45) is 2.55. The second-order valence-corrected chi connectivity index (χ2v) is 18.8. The zero-order chi connectivity index (χ0) is 26.0. The number of hydrogen-bond donors (Lipinski definition) is 0. The van der Waals surface area contributed by atoms with Gasteiger partial charge in [0.15, 0.2) is 14.1 Å². The molecule has 4 heterocycles. The van der Waals surface area contributed by atoms with E-state index in [1.165, 1.54) is 0 Å². The highest BCUT2D eigenvalue weighted by atomic mass is 28.4. The van der Waals surface area contributed by atoms with E-state index in [0.717, 1.165) is 19.4 Å². The Morgan fingerprint density at radius 1 is 0.971 bits per heavy atom. The molecule has 6 nitrogen and oxygen atoms in total. The fourth-order valence-electron chi connectivity index (χ4n) is 8.62. The standard InChI is InChI=1S/C28H50O6Si/c1-11-30-25-23-20(24(29)32-25)12-15-28(34-23)27(10)14-13-22(33-28)26(8,9)21(27)16-31-35(17(2)3,18(4)5)19(6)7/h17-23,25H,11-16H2,1-10H3/t20-,21+,22+,23+,25+,27-,28-/m0/s1. The van der Waals surface area contributed by atoms with Crippen LogP contribution in [0.2, 0.25) is 16.6 Å². The highest BCUT2D eigenvalue weighted by molar-refractivity contribution is 6.77. The summed E-state index contributed by atoms with van der Waals surface area (Å²) >= 11 is 0. The monoisotopic (exact) mass is 510 g/mol. The SMILES string of the molecule is CCO[C@@H]1OC(=O)[C@H]2CC[C@@]3(O[C@@H]12)O[C@@H]1CC[C@@]3(C)[C@H](CO[Si](C(C)C)(C(C)C)C(C)C)C1(C)C. The van der Waals surface area contributed by atoms with Crippen molar-refractivity contribution >= 4 is 14.3 Å². The first kappa shape index (κ1) is 27.6. The molecule has 5 rings (SSSR count). The highest BCUT2D eigenvalue weighted by Gasteiger charge is 2.71. The van der Waals surface area contributed by atoms with Gasteiger partial charge in [-0.15, -0.1) is 0 Å². The van der Waals surface area contributed by atoms with Crippen molar-refractivity contribution in [1.82, 2.24) is 0 Å². The highest BCUT2D eigenvalue weighted by Crippen LogP contribution is 2.67. The summed E-state index contributed by atoms with van der Waals surface area (Å²) in [5.74, 6) is -0.904. The lowest BCUT2D eigenvalue weighted by Crippen LogP contribution is -2.73. The van der Waals surface area contributed by atoms with Crippen molar-refractivity contribution in [2.75, 3.05) is 13.2 Å². The summed E-state index contributed by atoms with van der Waals surface area (Å²) in [4.78, 5) is 12.5. The Morgan fingerprint density at radius 3 is 2.17 bits per heavy atom. The lowest BCUT2D eigenvalue weighted by molar-refractivity contribution is -0.435. The summed E-state index contributed by atoms with van der Waals surface area (Å²) in [5, 5.41) is 0. The van der Waals surface area contributed by atoms with Crippen molar-refractivity contribution in [3.8, 4) is 0 Å². The van der Waals surface area contributed by atoms with Gasteiger partial charge < -0.3 is 23.4 Å². The Balaban J connectivity index is 1.66. The molecule has 5 fully saturated rings. The average molecular weight is 511 g/mol. The van der Waals surface area contributed by atoms with Crippen LogP contribution >= 0.6 is 0 Å². The minimum atomic E-state index is -2.01. The van der Waals surface area contributed by atoms with Gasteiger partial charge in [-0.1, -0.05) is 62.3 Å². The van der Waals surface area contributed by atoms with Gasteiger partial charge in [-0.2, -0.15) is 0 Å². The van der Waals surface area contributed by atoms with Crippen LogP contribution in [0.25, 0.3) is 0 Å². The van der Waals surface area contributed by atoms with Gasteiger partial charge in [0.25, 0.3) is 0 Å². The molecule has 0 N–H and O–H groups in total. The lowest BCUT2D eigenvalue weighted by atomic mass is 9.49. The van der Waals surface area contributed by atoms with Gasteiger partial charge in [0.2, 0.25) is 6.29 Å². The number of esters is 1. The normalized spacial score (nSPS) is 40.7. The zero-order valence-electron chi connectivity index (χ0n) is 23.8. The molecule has 0 unspecified atom stereocenters. The van der Waals surface area contributed by atoms with Crippen molar-refractivity contribution in [1.29, 1.82) is 0 Å². The van der Waals surface area contributed by atoms with Crippen molar-refractivity contribution in [2.24, 2.45) is 22.7 Å². The molecule has 1 saturated carbocycles. The third kappa shape index (κ3) is 3.98. The number of ether oxygens (including phenoxy) is 4. The lowest BCUT2D eigenvalue weighted by Gasteiger charge is -2.68. The summed E-state index contributed by atoms with van der Waals surface area (Å²) in [6, 6.07) is 0. The van der Waals surface area contributed by atoms with E-state index in [-0.39, 0.29) is 28.8 Å². The maximum atomic E-state index is 12.5. The van der Waals surface area contributed by atoms with Gasteiger partial charge in [-0.3, -0.25) is 4.79 Å². The molecule has 0 aromatic heterocycles. The number of cyclic esters (lactones) is 1. The largest absolute Gasteiger partial charge is 0.433 e. The van der Waals surface area contributed by atoms with Crippen LogP contribution in [-0.2, 0) is 28.2 Å². The molecular weight excluding hydrogens is 460 g/mol. The number of carbonyl (C=O) groups is 1. The maximum absolute atomic E-state index is 12.5. The summed E-state index contributed by atoms with van der Waals surface area (Å²) in [5.41, 5.74) is 1.40. The van der Waals surface area contributed by atoms with Crippen LogP contribution in [0.3, 0.4) is 0 Å². The molecule has 4 saturated heterocycles. The molecule has 1 aliphatic carbocycles. The van der Waals surface area contributed by atoms with Gasteiger partial charge in [0.1, 0.15) is 6.10 Å². The molecular formula is C28H50O6Si. The molecule has 1 spiro atoms. The van der Waals surface area contributed by atoms with Crippen molar-refractivity contribution in [3.63, 3.8) is 0 Å². The zero-order valence-corrected chi connectivity index (χ0v) is 24.8. The van der Waals surface area contributed by atoms with E-state index < -0.39 is 26.5 Å². The minimum Gasteiger partial charge on any atom is -0.433 e. The Kier molecular flexibility index (Phi) is 7.38. The summed E-state index contributed by atoms with van der Waals surface area (Å²) in [6.45, 7) is 24.3. The van der Waals surface area contributed by atoms with Crippen molar-refractivity contribution in [3.05, 3.63) is 0 Å². The predicted octanol–water partition coefficient (Wildman–Crippen LogP) is 6.43. The minimum absolute atomic E-state index is 0.0230. The smallest absolute Gasteiger partial charge is 0.314 e. The van der Waals surface area contributed by atoms with E-state index in [4.69, 9.17) is 23.4 Å². The molecule has 5 aliphatic rings. The Labute approximate surface area is 214 Å². The molecule has 202 valence electrons. The first-order chi connectivity index (χ1) is 16.3. The number of hydrogen-bond acceptors (Lipinski definition) is 6. The molecule has 7 atom stereocenters. The van der Waals surface area contributed by atoms with E-state index in [0.29, 0.717) is 42.0 Å². The Morgan fingerprint density at radius 2 is 1.60 bits per heavy atom. The van der Waals surface area contributed by atoms with Crippen LogP contribution in [0.1, 0.15) is 94.9 Å². The molecule has 0 aromatic carbocycles. The van der Waals surface area contributed by atoms with Crippen molar-refractivity contribution in [2.45, 2.75) is 136 Å². The molecule has 7 heteroatoms. The van der Waals surface area contributed by atoms with Gasteiger partial charge in [0, 0.05) is 25.0 Å². The van der Waals surface area contributed by atoms with E-state index in [1.54, 1.807) is 0 Å². The van der Waals surface area contributed by atoms with Crippen LogP contribution in [0.15, 0.2) is 0 Å². The fourth-order valence-corrected chi connectivity index (χ4v) is 14.1. The van der Waals surface area contributed by atoms with Gasteiger partial charge >= 0.3 is 5.97 Å². The number of fused-ring (bicyclic) bond motifs is 3. The molecule has 2 bridgehead atoms. The predicted molar refractivity (Wildman–Crippen MR) is 138 cm³/mol. The topological polar surface area (TPSA) is 63.2 Å². The van der Waals surface area contributed by atoms with E-state index in [1.807, 2.05) is 6.92 Å². The van der Waals surface area contributed by atoms with Crippen LogP contribution in [0.5, 0.6) is 0 Å². The second-order valence-electron chi connectivity index (χ2n) is 13.3. The third-order valence-electron chi connectivity index (χ3n) is 10.5. The molecule has 4 aliphatic heterocycles. The van der Waals surface area contributed by atoms with Gasteiger partial charge in [-0.05, 0) is 54.1 Å². The van der Waals surface area contributed by atoms with E-state index >= 15 is 0 Å². The third-order valence-corrected chi connectivity index (χ3v) is 16.6. The molecule has 35 heavy (non-hydrogen) atoms. The number of rotatable bonds is 8. The summed E-state index contributed by atoms with van der Waals surface area (Å²) < 4.78 is 32.4. The van der Waals surface area contributed by atoms with Crippen LogP contribution in [0, 0.1) is 22.7 Å². The van der Waals surface area contributed by atoms with Crippen LogP contribution in [0.4, 0.5) is 0 Å². The first-order valence-electron chi connectivity index (χ1n) is 14.1. The van der Waals surface area contributed by atoms with Crippen molar-refractivity contribution < 1.29 is 28.2 Å². The Bertz CT molecular complexity index is 775. The second kappa shape index (κ2) is 9.37. The van der Waals surface area contributed by atoms with Gasteiger partial charge in [0.05, 0.1) is 12.0 Å². The van der Waals surface area contributed by atoms with Crippen LogP contribution in [-0.4, -0.2) is 51.8 Å². The molecule has 0 radical (unpaired) electrons. The molecule has 0 aromatic rings. The Hall–Kier alpha value is -0.473.